The molecule has 0 radical (unpaired) electrons. The maximum absolute atomic E-state index is 2.50. The quantitative estimate of drug-likeness (QED) is 0.157. The Kier molecular flexibility index (Phi) is 7.25. The lowest BCUT2D eigenvalue weighted by molar-refractivity contribution is 0.796. The molecule has 9 aromatic carbocycles. The third kappa shape index (κ3) is 4.63. The van der Waals surface area contributed by atoms with Crippen LogP contribution in [0.5, 0.6) is 0 Å². The molecule has 1 aromatic heterocycles. The van der Waals surface area contributed by atoms with Crippen molar-refractivity contribution in [3.63, 3.8) is 0 Å². The number of hydrogen-bond donors (Lipinski definition) is 0. The van der Waals surface area contributed by atoms with E-state index in [9.17, 15) is 0 Å². The van der Waals surface area contributed by atoms with Crippen LogP contribution in [0, 0.1) is 13.8 Å². The molecule has 1 atom stereocenters. The van der Waals surface area contributed by atoms with Gasteiger partial charge in [-0.05, 0) is 119 Å². The van der Waals surface area contributed by atoms with Crippen molar-refractivity contribution in [3.05, 3.63) is 228 Å². The summed E-state index contributed by atoms with van der Waals surface area (Å²) in [5.41, 5.74) is 20.6. The summed E-state index contributed by atoms with van der Waals surface area (Å²) in [6, 6.07) is 73.1. The predicted molar refractivity (Wildman–Crippen MR) is 247 cm³/mol. The first-order valence-electron chi connectivity index (χ1n) is 20.3. The molecule has 1 spiro atoms. The van der Waals surface area contributed by atoms with Crippen LogP contribution in [0.25, 0.3) is 86.9 Å². The van der Waals surface area contributed by atoms with E-state index in [1.54, 1.807) is 0 Å². The maximum Gasteiger partial charge on any atom is 0.0734 e. The Morgan fingerprint density at radius 1 is 0.328 bits per heavy atom. The van der Waals surface area contributed by atoms with Crippen molar-refractivity contribution < 1.29 is 0 Å². The highest BCUT2D eigenvalue weighted by Crippen LogP contribution is 2.66. The first-order chi connectivity index (χ1) is 28.6. The number of rotatable bonds is 4. The number of thiophene rings is 1. The van der Waals surface area contributed by atoms with E-state index in [0.717, 1.165) is 0 Å². The second-order valence-electron chi connectivity index (χ2n) is 16.1. The molecule has 0 bridgehead atoms. The van der Waals surface area contributed by atoms with Crippen LogP contribution in [0.1, 0.15) is 33.4 Å². The summed E-state index contributed by atoms with van der Waals surface area (Å²) >= 11 is 1.93. The van der Waals surface area contributed by atoms with E-state index in [0.29, 0.717) is 0 Å². The Morgan fingerprint density at radius 3 is 1.52 bits per heavy atom. The Morgan fingerprint density at radius 2 is 0.845 bits per heavy atom. The molecule has 0 saturated heterocycles. The number of benzene rings is 9. The van der Waals surface area contributed by atoms with Gasteiger partial charge in [0.1, 0.15) is 0 Å². The highest BCUT2D eigenvalue weighted by Gasteiger charge is 2.53. The molecule has 0 aliphatic heterocycles. The number of aryl methyl sites for hydroxylation is 2. The average molecular weight is 755 g/mol. The van der Waals surface area contributed by atoms with Gasteiger partial charge in [0.2, 0.25) is 0 Å². The molecule has 1 heterocycles. The van der Waals surface area contributed by atoms with Crippen molar-refractivity contribution in [3.8, 4) is 65.4 Å². The SMILES string of the molecule is Cc1cc(C)cc(-c2ccc(-c3c4ccccc4c(-c4cccc5c4-c4ccccc4C54c5ccccc5-c5sc(-c6ccccc6)cc54)c4ccccc34)cc2)c1. The van der Waals surface area contributed by atoms with Gasteiger partial charge >= 0.3 is 0 Å². The van der Waals surface area contributed by atoms with Crippen LogP contribution >= 0.6 is 11.3 Å². The van der Waals surface area contributed by atoms with Gasteiger partial charge < -0.3 is 0 Å². The highest BCUT2D eigenvalue weighted by molar-refractivity contribution is 7.19. The minimum atomic E-state index is -0.416. The first kappa shape index (κ1) is 33.4. The molecule has 0 nitrogen and oxygen atoms in total. The van der Waals surface area contributed by atoms with Gasteiger partial charge in [-0.3, -0.25) is 0 Å². The molecule has 2 aliphatic carbocycles. The number of fused-ring (bicyclic) bond motifs is 12. The van der Waals surface area contributed by atoms with E-state index < -0.39 is 5.41 Å². The fraction of sp³-hybridized carbons (Fsp3) is 0.0526. The third-order valence-electron chi connectivity index (χ3n) is 12.8. The average Bonchev–Trinajstić information content (AvgIpc) is 3.92. The molecule has 272 valence electrons. The Balaban J connectivity index is 1.12. The molecule has 12 rings (SSSR count). The molecule has 1 unspecified atom stereocenters. The molecule has 10 aromatic rings. The van der Waals surface area contributed by atoms with Gasteiger partial charge in [0.25, 0.3) is 0 Å². The predicted octanol–water partition coefficient (Wildman–Crippen LogP) is 15.7. The van der Waals surface area contributed by atoms with Gasteiger partial charge in [-0.25, -0.2) is 0 Å². The zero-order valence-electron chi connectivity index (χ0n) is 32.4. The monoisotopic (exact) mass is 754 g/mol. The molecule has 0 amide bonds. The highest BCUT2D eigenvalue weighted by atomic mass is 32.1. The molecule has 1 heteroatoms. The molecule has 0 fully saturated rings. The molecule has 58 heavy (non-hydrogen) atoms. The summed E-state index contributed by atoms with van der Waals surface area (Å²) in [6.45, 7) is 4.36. The summed E-state index contributed by atoms with van der Waals surface area (Å²) in [4.78, 5) is 2.70. The van der Waals surface area contributed by atoms with Gasteiger partial charge in [0.15, 0.2) is 0 Å². The van der Waals surface area contributed by atoms with Gasteiger partial charge in [0, 0.05) is 9.75 Å². The summed E-state index contributed by atoms with van der Waals surface area (Å²) < 4.78 is 0. The van der Waals surface area contributed by atoms with Crippen molar-refractivity contribution in [2.24, 2.45) is 0 Å². The maximum atomic E-state index is 2.50. The third-order valence-corrected chi connectivity index (χ3v) is 14.0. The van der Waals surface area contributed by atoms with E-state index >= 15 is 0 Å². The van der Waals surface area contributed by atoms with Gasteiger partial charge in [0.05, 0.1) is 5.41 Å². The van der Waals surface area contributed by atoms with E-state index in [4.69, 9.17) is 0 Å². The molecular weight excluding hydrogens is 717 g/mol. The van der Waals surface area contributed by atoms with Gasteiger partial charge in [-0.2, -0.15) is 0 Å². The topological polar surface area (TPSA) is 0 Å². The molecule has 2 aliphatic rings. The van der Waals surface area contributed by atoms with Gasteiger partial charge in [-0.1, -0.05) is 199 Å². The molecule has 0 saturated carbocycles. The zero-order chi connectivity index (χ0) is 38.5. The van der Waals surface area contributed by atoms with E-state index in [1.165, 1.54) is 120 Å². The minimum absolute atomic E-state index is 0.416. The van der Waals surface area contributed by atoms with Crippen LogP contribution in [0.2, 0.25) is 0 Å². The van der Waals surface area contributed by atoms with Gasteiger partial charge in [-0.15, -0.1) is 11.3 Å². The van der Waals surface area contributed by atoms with Crippen molar-refractivity contribution in [1.82, 2.24) is 0 Å². The Bertz CT molecular complexity index is 3210. The van der Waals surface area contributed by atoms with Crippen LogP contribution in [-0.2, 0) is 5.41 Å². The Labute approximate surface area is 343 Å². The van der Waals surface area contributed by atoms with E-state index in [2.05, 4.69) is 208 Å². The molecule has 0 N–H and O–H groups in total. The van der Waals surface area contributed by atoms with Crippen LogP contribution in [0.15, 0.2) is 194 Å². The number of hydrogen-bond acceptors (Lipinski definition) is 1. The van der Waals surface area contributed by atoms with E-state index in [1.807, 2.05) is 11.3 Å². The van der Waals surface area contributed by atoms with Crippen LogP contribution in [-0.4, -0.2) is 0 Å². The fourth-order valence-electron chi connectivity index (χ4n) is 10.6. The summed E-state index contributed by atoms with van der Waals surface area (Å²) in [7, 11) is 0. The van der Waals surface area contributed by atoms with Crippen LogP contribution in [0.3, 0.4) is 0 Å². The Hall–Kier alpha value is -6.80. The van der Waals surface area contributed by atoms with E-state index in [-0.39, 0.29) is 0 Å². The standard InChI is InChI=1S/C57H38S/c1-35-31-36(2)33-40(32-35)37-27-29-39(30-28-37)53-41-17-6-8-19-43(41)54(44-20-9-7-18-42(44)53)47-23-14-26-50-55(47)45-21-10-12-24-48(45)57(50)49-25-13-11-22-46(49)56-51(57)34-52(58-56)38-15-4-3-5-16-38/h3-34H,1-2H3. The van der Waals surface area contributed by atoms with Crippen LogP contribution < -0.4 is 0 Å². The first-order valence-corrected chi connectivity index (χ1v) is 21.1. The summed E-state index contributed by atoms with van der Waals surface area (Å²) in [5, 5.41) is 5.09. The smallest absolute Gasteiger partial charge is 0.0734 e. The second-order valence-corrected chi connectivity index (χ2v) is 17.1. The summed E-state index contributed by atoms with van der Waals surface area (Å²) in [6.07, 6.45) is 0. The van der Waals surface area contributed by atoms with Crippen molar-refractivity contribution >= 4 is 32.9 Å². The normalized spacial score (nSPS) is 14.8. The largest absolute Gasteiger partial charge is 0.135 e. The van der Waals surface area contributed by atoms with Crippen LogP contribution in [0.4, 0.5) is 0 Å². The minimum Gasteiger partial charge on any atom is -0.135 e. The summed E-state index contributed by atoms with van der Waals surface area (Å²) in [5.74, 6) is 0. The zero-order valence-corrected chi connectivity index (χ0v) is 33.2. The van der Waals surface area contributed by atoms with Crippen molar-refractivity contribution in [2.75, 3.05) is 0 Å². The fourth-order valence-corrected chi connectivity index (χ4v) is 11.8. The lowest BCUT2D eigenvalue weighted by Crippen LogP contribution is -2.25. The molecular formula is C57H38S. The van der Waals surface area contributed by atoms with Crippen molar-refractivity contribution in [1.29, 1.82) is 0 Å². The lowest BCUT2D eigenvalue weighted by Gasteiger charge is -2.30. The lowest BCUT2D eigenvalue weighted by atomic mass is 9.70. The van der Waals surface area contributed by atoms with Crippen molar-refractivity contribution in [2.45, 2.75) is 19.3 Å². The second kappa shape index (κ2) is 12.6.